The number of hydrogen-bond donors (Lipinski definition) is 0. The Labute approximate surface area is 138 Å². The van der Waals surface area contributed by atoms with Gasteiger partial charge in [0.1, 0.15) is 5.75 Å². The summed E-state index contributed by atoms with van der Waals surface area (Å²) >= 11 is 0. The maximum atomic E-state index is 12.6. The minimum absolute atomic E-state index is 0.0000806. The van der Waals surface area contributed by atoms with E-state index in [1.807, 2.05) is 45.0 Å². The molecule has 0 saturated carbocycles. The van der Waals surface area contributed by atoms with Crippen molar-refractivity contribution in [2.75, 3.05) is 20.3 Å². The molecular weight excluding hydrogens is 294 g/mol. The quantitative estimate of drug-likeness (QED) is 0.691. The van der Waals surface area contributed by atoms with E-state index >= 15 is 0 Å². The molecule has 1 aromatic carbocycles. The lowest BCUT2D eigenvalue weighted by atomic mass is 10.1. The summed E-state index contributed by atoms with van der Waals surface area (Å²) < 4.78 is 10.1. The Morgan fingerprint density at radius 3 is 2.22 bits per heavy atom. The van der Waals surface area contributed by atoms with Gasteiger partial charge in [0, 0.05) is 12.6 Å². The van der Waals surface area contributed by atoms with Crippen molar-refractivity contribution in [3.8, 4) is 5.75 Å². The van der Waals surface area contributed by atoms with Crippen molar-refractivity contribution >= 4 is 11.9 Å². The summed E-state index contributed by atoms with van der Waals surface area (Å²) in [6.45, 7) is 8.57. The van der Waals surface area contributed by atoms with Gasteiger partial charge in [0.15, 0.2) is 0 Å². The molecule has 23 heavy (non-hydrogen) atoms. The van der Waals surface area contributed by atoms with Crippen molar-refractivity contribution in [2.24, 2.45) is 5.92 Å². The number of benzene rings is 1. The van der Waals surface area contributed by atoms with E-state index in [4.69, 9.17) is 9.47 Å². The fraction of sp³-hybridized carbons (Fsp3) is 0.556. The van der Waals surface area contributed by atoms with E-state index < -0.39 is 0 Å². The molecule has 1 aromatic rings. The predicted octanol–water partition coefficient (Wildman–Crippen LogP) is 2.67. The number of methoxy groups -OCH3 is 1. The minimum atomic E-state index is -0.341. The first-order valence-electron chi connectivity index (χ1n) is 7.98. The molecular formula is C18H27NO4. The first-order valence-corrected chi connectivity index (χ1v) is 7.98. The molecule has 128 valence electrons. The molecule has 0 bridgehead atoms. The molecule has 5 nitrogen and oxygen atoms in total. The van der Waals surface area contributed by atoms with Crippen LogP contribution in [0.5, 0.6) is 5.75 Å². The third-order valence-corrected chi connectivity index (χ3v) is 3.61. The molecule has 0 aliphatic heterocycles. The predicted molar refractivity (Wildman–Crippen MR) is 89.3 cm³/mol. The first-order chi connectivity index (χ1) is 10.9. The topological polar surface area (TPSA) is 55.8 Å². The van der Waals surface area contributed by atoms with Gasteiger partial charge in [-0.2, -0.15) is 0 Å². The standard InChI is InChI=1S/C18H27NO4/c1-6-23-16-9-7-15(8-10-16)11-17(20)19(13(2)3)12-14(4)18(21)22-5/h7-10,13-14H,6,11-12H2,1-5H3. The van der Waals surface area contributed by atoms with Crippen molar-refractivity contribution < 1.29 is 19.1 Å². The molecule has 0 fully saturated rings. The molecule has 0 radical (unpaired) electrons. The lowest BCUT2D eigenvalue weighted by molar-refractivity contribution is -0.146. The van der Waals surface area contributed by atoms with Gasteiger partial charge in [0.2, 0.25) is 5.91 Å². The average molecular weight is 321 g/mol. The number of hydrogen-bond acceptors (Lipinski definition) is 4. The highest BCUT2D eigenvalue weighted by atomic mass is 16.5. The van der Waals surface area contributed by atoms with Crippen LogP contribution in [0, 0.1) is 5.92 Å². The van der Waals surface area contributed by atoms with Crippen molar-refractivity contribution in [1.29, 1.82) is 0 Å². The van der Waals surface area contributed by atoms with Crippen LogP contribution >= 0.6 is 0 Å². The number of esters is 1. The largest absolute Gasteiger partial charge is 0.494 e. The Balaban J connectivity index is 2.72. The zero-order valence-electron chi connectivity index (χ0n) is 14.7. The van der Waals surface area contributed by atoms with Crippen LogP contribution < -0.4 is 4.74 Å². The summed E-state index contributed by atoms with van der Waals surface area (Å²) in [5, 5.41) is 0. The van der Waals surface area contributed by atoms with E-state index in [9.17, 15) is 9.59 Å². The second kappa shape index (κ2) is 9.18. The molecule has 1 amide bonds. The fourth-order valence-electron chi connectivity index (χ4n) is 2.32. The molecule has 1 atom stereocenters. The fourth-order valence-corrected chi connectivity index (χ4v) is 2.32. The van der Waals surface area contributed by atoms with Crippen LogP contribution in [0.3, 0.4) is 0 Å². The van der Waals surface area contributed by atoms with Crippen LogP contribution in [0.15, 0.2) is 24.3 Å². The van der Waals surface area contributed by atoms with Gasteiger partial charge in [-0.3, -0.25) is 9.59 Å². The van der Waals surface area contributed by atoms with Crippen molar-refractivity contribution in [3.05, 3.63) is 29.8 Å². The first kappa shape index (κ1) is 19.0. The average Bonchev–Trinajstić information content (AvgIpc) is 2.53. The third-order valence-electron chi connectivity index (χ3n) is 3.61. The number of amides is 1. The number of rotatable bonds is 8. The van der Waals surface area contributed by atoms with Gasteiger partial charge < -0.3 is 14.4 Å². The van der Waals surface area contributed by atoms with Crippen LogP contribution in [0.1, 0.15) is 33.3 Å². The van der Waals surface area contributed by atoms with E-state index in [-0.39, 0.29) is 23.8 Å². The smallest absolute Gasteiger partial charge is 0.310 e. The van der Waals surface area contributed by atoms with E-state index in [2.05, 4.69) is 0 Å². The molecule has 0 aromatic heterocycles. The summed E-state index contributed by atoms with van der Waals surface area (Å²) in [6, 6.07) is 7.54. The van der Waals surface area contributed by atoms with E-state index in [0.29, 0.717) is 19.6 Å². The zero-order valence-corrected chi connectivity index (χ0v) is 14.7. The molecule has 0 heterocycles. The number of ether oxygens (including phenoxy) is 2. The normalized spacial score (nSPS) is 11.9. The molecule has 0 N–H and O–H groups in total. The van der Waals surface area contributed by atoms with Crippen molar-refractivity contribution in [3.63, 3.8) is 0 Å². The Morgan fingerprint density at radius 2 is 1.74 bits per heavy atom. The Morgan fingerprint density at radius 1 is 1.13 bits per heavy atom. The van der Waals surface area contributed by atoms with E-state index in [1.54, 1.807) is 11.8 Å². The summed E-state index contributed by atoms with van der Waals surface area (Å²) in [5.74, 6) is 0.153. The van der Waals surface area contributed by atoms with Crippen LogP contribution in [-0.4, -0.2) is 43.1 Å². The van der Waals surface area contributed by atoms with Gasteiger partial charge in [-0.15, -0.1) is 0 Å². The van der Waals surface area contributed by atoms with Crippen molar-refractivity contribution in [2.45, 2.75) is 40.2 Å². The molecule has 0 aliphatic carbocycles. The van der Waals surface area contributed by atoms with E-state index in [0.717, 1.165) is 11.3 Å². The van der Waals surface area contributed by atoms with Gasteiger partial charge >= 0.3 is 5.97 Å². The zero-order chi connectivity index (χ0) is 17.4. The van der Waals surface area contributed by atoms with Gasteiger partial charge in [0.05, 0.1) is 26.1 Å². The molecule has 0 saturated heterocycles. The lowest BCUT2D eigenvalue weighted by Crippen LogP contribution is -2.42. The summed E-state index contributed by atoms with van der Waals surface area (Å²) in [5.41, 5.74) is 0.926. The molecule has 5 heteroatoms. The van der Waals surface area contributed by atoms with Gasteiger partial charge in [-0.05, 0) is 38.5 Å². The van der Waals surface area contributed by atoms with Crippen molar-refractivity contribution in [1.82, 2.24) is 4.90 Å². The maximum absolute atomic E-state index is 12.6. The summed E-state index contributed by atoms with van der Waals surface area (Å²) in [6.07, 6.45) is 0.304. The SMILES string of the molecule is CCOc1ccc(CC(=O)N(CC(C)C(=O)OC)C(C)C)cc1. The number of carbonyl (C=O) groups is 2. The van der Waals surface area contributed by atoms with Gasteiger partial charge in [-0.1, -0.05) is 19.1 Å². The summed E-state index contributed by atoms with van der Waals surface area (Å²) in [7, 11) is 1.36. The third kappa shape index (κ3) is 5.93. The minimum Gasteiger partial charge on any atom is -0.494 e. The highest BCUT2D eigenvalue weighted by molar-refractivity contribution is 5.80. The second-order valence-electron chi connectivity index (χ2n) is 5.82. The highest BCUT2D eigenvalue weighted by Gasteiger charge is 2.23. The maximum Gasteiger partial charge on any atom is 0.310 e. The van der Waals surface area contributed by atoms with Gasteiger partial charge in [-0.25, -0.2) is 0 Å². The molecule has 1 rings (SSSR count). The van der Waals surface area contributed by atoms with Crippen LogP contribution in [0.4, 0.5) is 0 Å². The second-order valence-corrected chi connectivity index (χ2v) is 5.82. The summed E-state index contributed by atoms with van der Waals surface area (Å²) in [4.78, 5) is 25.8. The Bertz CT molecular complexity index is 510. The Hall–Kier alpha value is -2.04. The van der Waals surface area contributed by atoms with Crippen LogP contribution in [0.25, 0.3) is 0 Å². The number of nitrogens with zero attached hydrogens (tertiary/aromatic N) is 1. The Kier molecular flexibility index (Phi) is 7.59. The molecule has 0 aliphatic rings. The highest BCUT2D eigenvalue weighted by Crippen LogP contribution is 2.15. The monoisotopic (exact) mass is 321 g/mol. The number of carbonyl (C=O) groups excluding carboxylic acids is 2. The van der Waals surface area contributed by atoms with E-state index in [1.165, 1.54) is 7.11 Å². The molecule has 1 unspecified atom stereocenters. The lowest BCUT2D eigenvalue weighted by Gasteiger charge is -2.29. The van der Waals surface area contributed by atoms with Gasteiger partial charge in [0.25, 0.3) is 0 Å². The van der Waals surface area contributed by atoms with Crippen LogP contribution in [0.2, 0.25) is 0 Å². The van der Waals surface area contributed by atoms with Crippen LogP contribution in [-0.2, 0) is 20.7 Å². The molecule has 0 spiro atoms.